The Morgan fingerprint density at radius 1 is 1.07 bits per heavy atom. The van der Waals surface area contributed by atoms with E-state index in [2.05, 4.69) is 5.32 Å². The quantitative estimate of drug-likeness (QED) is 0.801. The van der Waals surface area contributed by atoms with Gasteiger partial charge >= 0.3 is 0 Å². The normalized spacial score (nSPS) is 13.7. The summed E-state index contributed by atoms with van der Waals surface area (Å²) >= 11 is 0. The Bertz CT molecular complexity index is 822. The zero-order chi connectivity index (χ0) is 19.1. The Morgan fingerprint density at radius 3 is 2.48 bits per heavy atom. The number of carbonyl (C=O) groups excluding carboxylic acids is 2. The predicted octanol–water partition coefficient (Wildman–Crippen LogP) is 3.26. The van der Waals surface area contributed by atoms with Gasteiger partial charge in [-0.15, -0.1) is 0 Å². The fraction of sp³-hybridized carbons (Fsp3) is 0.273. The molecule has 1 saturated heterocycles. The standard InChI is InChI=1S/C22H24N2O3/c1-27-20-7-3-2-6-18(20)12-13-21(25)23-16-17-8-10-19(11-9-17)22(26)24-14-4-5-15-24/h2-3,6-13H,4-5,14-16H2,1H3,(H,23,25). The molecule has 0 aliphatic carbocycles. The maximum Gasteiger partial charge on any atom is 0.253 e. The van der Waals surface area contributed by atoms with Gasteiger partial charge in [-0.2, -0.15) is 0 Å². The van der Waals surface area contributed by atoms with Crippen LogP contribution in [0.5, 0.6) is 5.75 Å². The fourth-order valence-corrected chi connectivity index (χ4v) is 3.09. The van der Waals surface area contributed by atoms with Crippen molar-refractivity contribution in [2.75, 3.05) is 20.2 Å². The highest BCUT2D eigenvalue weighted by molar-refractivity contribution is 5.94. The number of hydrogen-bond acceptors (Lipinski definition) is 3. The molecule has 0 aromatic heterocycles. The van der Waals surface area contributed by atoms with Crippen molar-refractivity contribution in [2.24, 2.45) is 0 Å². The number of ether oxygens (including phenoxy) is 1. The molecular formula is C22H24N2O3. The van der Waals surface area contributed by atoms with Crippen molar-refractivity contribution in [3.63, 3.8) is 0 Å². The first-order valence-electron chi connectivity index (χ1n) is 9.14. The Labute approximate surface area is 159 Å². The molecule has 2 aromatic rings. The van der Waals surface area contributed by atoms with E-state index in [0.29, 0.717) is 12.1 Å². The summed E-state index contributed by atoms with van der Waals surface area (Å²) in [5.74, 6) is 0.626. The predicted molar refractivity (Wildman–Crippen MR) is 105 cm³/mol. The van der Waals surface area contributed by atoms with Crippen LogP contribution in [-0.4, -0.2) is 36.9 Å². The van der Waals surface area contributed by atoms with Crippen LogP contribution in [0.3, 0.4) is 0 Å². The van der Waals surface area contributed by atoms with Gasteiger partial charge in [0.2, 0.25) is 5.91 Å². The molecule has 3 rings (SSSR count). The van der Waals surface area contributed by atoms with E-state index in [0.717, 1.165) is 42.8 Å². The van der Waals surface area contributed by atoms with Crippen molar-refractivity contribution in [1.29, 1.82) is 0 Å². The number of nitrogens with zero attached hydrogens (tertiary/aromatic N) is 1. The van der Waals surface area contributed by atoms with Crippen LogP contribution in [0.1, 0.15) is 34.3 Å². The van der Waals surface area contributed by atoms with Gasteiger partial charge in [-0.3, -0.25) is 9.59 Å². The molecule has 0 spiro atoms. The van der Waals surface area contributed by atoms with Crippen LogP contribution in [0.25, 0.3) is 6.08 Å². The Morgan fingerprint density at radius 2 is 1.78 bits per heavy atom. The Balaban J connectivity index is 1.52. The van der Waals surface area contributed by atoms with Crippen LogP contribution in [0.2, 0.25) is 0 Å². The molecule has 27 heavy (non-hydrogen) atoms. The summed E-state index contributed by atoms with van der Waals surface area (Å²) in [6, 6.07) is 14.9. The molecule has 2 aromatic carbocycles. The van der Waals surface area contributed by atoms with E-state index in [4.69, 9.17) is 4.74 Å². The molecule has 1 aliphatic rings. The largest absolute Gasteiger partial charge is 0.496 e. The topological polar surface area (TPSA) is 58.6 Å². The lowest BCUT2D eigenvalue weighted by Crippen LogP contribution is -2.27. The van der Waals surface area contributed by atoms with E-state index in [1.54, 1.807) is 13.2 Å². The summed E-state index contributed by atoms with van der Waals surface area (Å²) in [6.45, 7) is 2.09. The Hall–Kier alpha value is -3.08. The molecule has 2 amide bonds. The van der Waals surface area contributed by atoms with Crippen LogP contribution in [-0.2, 0) is 11.3 Å². The zero-order valence-electron chi connectivity index (χ0n) is 15.5. The second kappa shape index (κ2) is 9.03. The molecule has 140 valence electrons. The minimum atomic E-state index is -0.182. The highest BCUT2D eigenvalue weighted by Crippen LogP contribution is 2.18. The number of para-hydroxylation sites is 1. The summed E-state index contributed by atoms with van der Waals surface area (Å²) in [4.78, 5) is 26.3. The number of likely N-dealkylation sites (tertiary alicyclic amines) is 1. The lowest BCUT2D eigenvalue weighted by Gasteiger charge is -2.15. The maximum atomic E-state index is 12.3. The monoisotopic (exact) mass is 364 g/mol. The summed E-state index contributed by atoms with van der Waals surface area (Å²) in [7, 11) is 1.60. The van der Waals surface area contributed by atoms with Crippen LogP contribution >= 0.6 is 0 Å². The number of benzene rings is 2. The lowest BCUT2D eigenvalue weighted by molar-refractivity contribution is -0.116. The average molecular weight is 364 g/mol. The van der Waals surface area contributed by atoms with Crippen LogP contribution in [0.15, 0.2) is 54.6 Å². The summed E-state index contributed by atoms with van der Waals surface area (Å²) < 4.78 is 5.26. The highest BCUT2D eigenvalue weighted by Gasteiger charge is 2.19. The van der Waals surface area contributed by atoms with E-state index in [-0.39, 0.29) is 11.8 Å². The summed E-state index contributed by atoms with van der Waals surface area (Å²) in [5.41, 5.74) is 2.50. The molecule has 0 bridgehead atoms. The van der Waals surface area contributed by atoms with Gasteiger partial charge in [-0.05, 0) is 42.7 Å². The first-order valence-corrected chi connectivity index (χ1v) is 9.14. The molecule has 0 unspecified atom stereocenters. The van der Waals surface area contributed by atoms with Gasteiger partial charge in [0, 0.05) is 36.8 Å². The maximum absolute atomic E-state index is 12.3. The van der Waals surface area contributed by atoms with Crippen molar-refractivity contribution < 1.29 is 14.3 Å². The van der Waals surface area contributed by atoms with Gasteiger partial charge in [-0.25, -0.2) is 0 Å². The van der Waals surface area contributed by atoms with Crippen molar-refractivity contribution in [3.05, 3.63) is 71.3 Å². The third-order valence-corrected chi connectivity index (χ3v) is 4.61. The van der Waals surface area contributed by atoms with Gasteiger partial charge in [0.1, 0.15) is 5.75 Å². The van der Waals surface area contributed by atoms with Crippen LogP contribution in [0.4, 0.5) is 0 Å². The smallest absolute Gasteiger partial charge is 0.253 e. The molecule has 0 radical (unpaired) electrons. The highest BCUT2D eigenvalue weighted by atomic mass is 16.5. The number of nitrogens with one attached hydrogen (secondary N) is 1. The van der Waals surface area contributed by atoms with Crippen molar-refractivity contribution in [2.45, 2.75) is 19.4 Å². The molecule has 1 N–H and O–H groups in total. The van der Waals surface area contributed by atoms with E-state index in [9.17, 15) is 9.59 Å². The fourth-order valence-electron chi connectivity index (χ4n) is 3.09. The third kappa shape index (κ3) is 4.97. The third-order valence-electron chi connectivity index (χ3n) is 4.61. The van der Waals surface area contributed by atoms with Gasteiger partial charge in [0.25, 0.3) is 5.91 Å². The first-order chi connectivity index (χ1) is 13.2. The van der Waals surface area contributed by atoms with Crippen molar-refractivity contribution >= 4 is 17.9 Å². The van der Waals surface area contributed by atoms with Gasteiger partial charge in [0.15, 0.2) is 0 Å². The molecule has 5 heteroatoms. The van der Waals surface area contributed by atoms with Gasteiger partial charge in [0.05, 0.1) is 7.11 Å². The molecule has 1 heterocycles. The first kappa shape index (κ1) is 18.7. The second-order valence-corrected chi connectivity index (χ2v) is 6.49. The van der Waals surface area contributed by atoms with Crippen LogP contribution < -0.4 is 10.1 Å². The molecular weight excluding hydrogens is 340 g/mol. The van der Waals surface area contributed by atoms with E-state index >= 15 is 0 Å². The molecule has 1 fully saturated rings. The van der Waals surface area contributed by atoms with E-state index in [1.165, 1.54) is 6.08 Å². The average Bonchev–Trinajstić information content (AvgIpc) is 3.25. The molecule has 0 saturated carbocycles. The second-order valence-electron chi connectivity index (χ2n) is 6.49. The van der Waals surface area contributed by atoms with E-state index < -0.39 is 0 Å². The van der Waals surface area contributed by atoms with Crippen molar-refractivity contribution in [3.8, 4) is 5.75 Å². The lowest BCUT2D eigenvalue weighted by atomic mass is 10.1. The number of amides is 2. The minimum absolute atomic E-state index is 0.0860. The molecule has 0 atom stereocenters. The van der Waals surface area contributed by atoms with E-state index in [1.807, 2.05) is 53.4 Å². The SMILES string of the molecule is COc1ccccc1C=CC(=O)NCc1ccc(C(=O)N2CCCC2)cc1. The van der Waals surface area contributed by atoms with Gasteiger partial charge < -0.3 is 15.0 Å². The minimum Gasteiger partial charge on any atom is -0.496 e. The molecule has 5 nitrogen and oxygen atoms in total. The number of methoxy groups -OCH3 is 1. The summed E-state index contributed by atoms with van der Waals surface area (Å²) in [5, 5.41) is 2.85. The zero-order valence-corrected chi connectivity index (χ0v) is 15.5. The number of hydrogen-bond donors (Lipinski definition) is 1. The Kier molecular flexibility index (Phi) is 6.26. The van der Waals surface area contributed by atoms with Gasteiger partial charge in [-0.1, -0.05) is 30.3 Å². The van der Waals surface area contributed by atoms with Crippen molar-refractivity contribution in [1.82, 2.24) is 10.2 Å². The summed E-state index contributed by atoms with van der Waals surface area (Å²) in [6.07, 6.45) is 5.38. The number of rotatable bonds is 6. The molecule has 1 aliphatic heterocycles. The van der Waals surface area contributed by atoms with Crippen LogP contribution in [0, 0.1) is 0 Å². The number of carbonyl (C=O) groups is 2.